The smallest absolute Gasteiger partial charge is 0.374 e. The second kappa shape index (κ2) is 4.81. The van der Waals surface area contributed by atoms with Crippen molar-refractivity contribution >= 4 is 0 Å². The van der Waals surface area contributed by atoms with Crippen LogP contribution in [0.5, 0.6) is 0 Å². The van der Waals surface area contributed by atoms with Crippen molar-refractivity contribution in [2.45, 2.75) is 51.1 Å². The van der Waals surface area contributed by atoms with Gasteiger partial charge in [0.25, 0.3) is 5.60 Å². The molecule has 0 aliphatic rings. The van der Waals surface area contributed by atoms with Gasteiger partial charge in [0.1, 0.15) is 0 Å². The molecule has 16 heavy (non-hydrogen) atoms. The molecule has 0 saturated carbocycles. The van der Waals surface area contributed by atoms with Crippen LogP contribution in [-0.4, -0.2) is 23.1 Å². The summed E-state index contributed by atoms with van der Waals surface area (Å²) < 4.78 is 72.9. The van der Waals surface area contributed by atoms with Gasteiger partial charge in [-0.3, -0.25) is 0 Å². The van der Waals surface area contributed by atoms with Crippen molar-refractivity contribution < 1.29 is 31.4 Å². The third kappa shape index (κ3) is 3.54. The lowest BCUT2D eigenvalue weighted by atomic mass is 9.93. The minimum absolute atomic E-state index is 0.00860. The highest BCUT2D eigenvalue weighted by atomic mass is 19.4. The molecule has 98 valence electrons. The molecule has 0 aromatic heterocycles. The first-order valence-electron chi connectivity index (χ1n) is 4.77. The highest BCUT2D eigenvalue weighted by Gasteiger charge is 2.69. The van der Waals surface area contributed by atoms with Gasteiger partial charge < -0.3 is 5.11 Å². The molecule has 0 aromatic rings. The standard InChI is InChI=1S/C9H14F6O/c1-6(2)4-3-5-7(16,8(10,11)12)9(13,14)15/h6,16H,3-5H2,1-2H3. The average Bonchev–Trinajstić information content (AvgIpc) is 1.98. The zero-order chi connectivity index (χ0) is 13.2. The van der Waals surface area contributed by atoms with Crippen LogP contribution in [0.1, 0.15) is 33.1 Å². The van der Waals surface area contributed by atoms with Crippen LogP contribution >= 0.6 is 0 Å². The topological polar surface area (TPSA) is 20.2 Å². The summed E-state index contributed by atoms with van der Waals surface area (Å²) in [7, 11) is 0. The monoisotopic (exact) mass is 252 g/mol. The number of halogens is 6. The summed E-state index contributed by atoms with van der Waals surface area (Å²) in [6.07, 6.45) is -12.9. The van der Waals surface area contributed by atoms with Gasteiger partial charge in [0.05, 0.1) is 0 Å². The van der Waals surface area contributed by atoms with Gasteiger partial charge >= 0.3 is 12.4 Å². The molecule has 0 amide bonds. The highest BCUT2D eigenvalue weighted by Crippen LogP contribution is 2.46. The molecule has 0 aromatic carbocycles. The van der Waals surface area contributed by atoms with Gasteiger partial charge in [-0.1, -0.05) is 20.3 Å². The Hall–Kier alpha value is -0.460. The molecule has 0 saturated heterocycles. The fourth-order valence-electron chi connectivity index (χ4n) is 1.21. The Balaban J connectivity index is 4.71. The van der Waals surface area contributed by atoms with Crippen molar-refractivity contribution in [2.75, 3.05) is 0 Å². The van der Waals surface area contributed by atoms with Crippen LogP contribution in [-0.2, 0) is 0 Å². The zero-order valence-corrected chi connectivity index (χ0v) is 8.91. The summed E-state index contributed by atoms with van der Waals surface area (Å²) in [5, 5.41) is 8.75. The van der Waals surface area contributed by atoms with Crippen LogP contribution in [0.2, 0.25) is 0 Å². The molecule has 7 heteroatoms. The summed E-state index contributed by atoms with van der Waals surface area (Å²) in [6, 6.07) is 0. The highest BCUT2D eigenvalue weighted by molar-refractivity contribution is 4.93. The van der Waals surface area contributed by atoms with Crippen LogP contribution in [0.15, 0.2) is 0 Å². The Kier molecular flexibility index (Phi) is 4.67. The second-order valence-corrected chi connectivity index (χ2v) is 4.14. The first-order chi connectivity index (χ1) is 6.92. The van der Waals surface area contributed by atoms with Gasteiger partial charge in [0.15, 0.2) is 0 Å². The maximum atomic E-state index is 12.2. The van der Waals surface area contributed by atoms with E-state index in [1.54, 1.807) is 13.8 Å². The van der Waals surface area contributed by atoms with Gasteiger partial charge in [-0.25, -0.2) is 0 Å². The predicted molar refractivity (Wildman–Crippen MR) is 45.7 cm³/mol. The normalized spacial score (nSPS) is 14.6. The van der Waals surface area contributed by atoms with Crippen LogP contribution in [0.4, 0.5) is 26.3 Å². The Labute approximate surface area is 89.4 Å². The number of alkyl halides is 6. The molecule has 0 radical (unpaired) electrons. The number of rotatable bonds is 4. The lowest BCUT2D eigenvalue weighted by Crippen LogP contribution is -2.56. The first-order valence-corrected chi connectivity index (χ1v) is 4.77. The lowest BCUT2D eigenvalue weighted by molar-refractivity contribution is -0.370. The second-order valence-electron chi connectivity index (χ2n) is 4.14. The number of hydrogen-bond donors (Lipinski definition) is 1. The Bertz CT molecular complexity index is 203. The fourth-order valence-corrected chi connectivity index (χ4v) is 1.21. The van der Waals surface area contributed by atoms with Crippen molar-refractivity contribution in [3.8, 4) is 0 Å². The van der Waals surface area contributed by atoms with Crippen molar-refractivity contribution in [1.82, 2.24) is 0 Å². The molecule has 0 fully saturated rings. The Morgan fingerprint density at radius 2 is 1.31 bits per heavy atom. The summed E-state index contributed by atoms with van der Waals surface area (Å²) in [4.78, 5) is 0. The van der Waals surface area contributed by atoms with Crippen molar-refractivity contribution in [3.05, 3.63) is 0 Å². The summed E-state index contributed by atoms with van der Waals surface area (Å²) in [5.74, 6) is -0.00860. The van der Waals surface area contributed by atoms with E-state index in [9.17, 15) is 26.3 Å². The minimum atomic E-state index is -5.69. The van der Waals surface area contributed by atoms with Gasteiger partial charge in [-0.2, -0.15) is 26.3 Å². The van der Waals surface area contributed by atoms with E-state index in [0.29, 0.717) is 0 Å². The molecule has 0 aliphatic heterocycles. The van der Waals surface area contributed by atoms with E-state index in [1.165, 1.54) is 0 Å². The average molecular weight is 252 g/mol. The largest absolute Gasteiger partial charge is 0.426 e. The number of hydrogen-bond acceptors (Lipinski definition) is 1. The van der Waals surface area contributed by atoms with E-state index in [-0.39, 0.29) is 18.8 Å². The molecular weight excluding hydrogens is 238 g/mol. The molecule has 0 heterocycles. The maximum absolute atomic E-state index is 12.2. The summed E-state index contributed by atoms with van der Waals surface area (Å²) in [6.45, 7) is 3.36. The SMILES string of the molecule is CC(C)CCCC(O)(C(F)(F)F)C(F)(F)F. The number of aliphatic hydroxyl groups is 1. The first kappa shape index (κ1) is 15.5. The molecule has 0 aliphatic carbocycles. The Morgan fingerprint density at radius 3 is 1.56 bits per heavy atom. The predicted octanol–water partition coefficient (Wildman–Crippen LogP) is 3.67. The van der Waals surface area contributed by atoms with Crippen LogP contribution in [0.25, 0.3) is 0 Å². The third-order valence-corrected chi connectivity index (χ3v) is 2.26. The summed E-state index contributed by atoms with van der Waals surface area (Å²) in [5.41, 5.74) is -4.59. The van der Waals surface area contributed by atoms with Crippen LogP contribution in [0.3, 0.4) is 0 Å². The zero-order valence-electron chi connectivity index (χ0n) is 8.91. The molecule has 0 unspecified atom stereocenters. The molecule has 1 N–H and O–H groups in total. The lowest BCUT2D eigenvalue weighted by Gasteiger charge is -2.32. The fraction of sp³-hybridized carbons (Fsp3) is 1.00. The van der Waals surface area contributed by atoms with Gasteiger partial charge in [0.2, 0.25) is 0 Å². The molecule has 0 spiro atoms. The third-order valence-electron chi connectivity index (χ3n) is 2.26. The van der Waals surface area contributed by atoms with Crippen molar-refractivity contribution in [2.24, 2.45) is 5.92 Å². The van der Waals surface area contributed by atoms with Crippen molar-refractivity contribution in [1.29, 1.82) is 0 Å². The van der Waals surface area contributed by atoms with Crippen molar-refractivity contribution in [3.63, 3.8) is 0 Å². The Morgan fingerprint density at radius 1 is 0.938 bits per heavy atom. The van der Waals surface area contributed by atoms with E-state index in [2.05, 4.69) is 0 Å². The summed E-state index contributed by atoms with van der Waals surface area (Å²) >= 11 is 0. The van der Waals surface area contributed by atoms with E-state index >= 15 is 0 Å². The van der Waals surface area contributed by atoms with Gasteiger partial charge in [0, 0.05) is 0 Å². The van der Waals surface area contributed by atoms with E-state index in [4.69, 9.17) is 5.11 Å². The maximum Gasteiger partial charge on any atom is 0.426 e. The molecule has 0 bridgehead atoms. The van der Waals surface area contributed by atoms with Gasteiger partial charge in [-0.05, 0) is 18.8 Å². The molecule has 1 nitrogen and oxygen atoms in total. The minimum Gasteiger partial charge on any atom is -0.374 e. The molecular formula is C9H14F6O. The van der Waals surface area contributed by atoms with E-state index in [1.807, 2.05) is 0 Å². The molecule has 0 atom stereocenters. The van der Waals surface area contributed by atoms with Gasteiger partial charge in [-0.15, -0.1) is 0 Å². The van der Waals surface area contributed by atoms with Crippen LogP contribution < -0.4 is 0 Å². The molecule has 0 rings (SSSR count). The van der Waals surface area contributed by atoms with E-state index in [0.717, 1.165) is 0 Å². The van der Waals surface area contributed by atoms with E-state index < -0.39 is 24.4 Å². The van der Waals surface area contributed by atoms with Crippen LogP contribution in [0, 0.1) is 5.92 Å². The quantitative estimate of drug-likeness (QED) is 0.757.